The molecule has 0 spiro atoms. The van der Waals surface area contributed by atoms with Crippen LogP contribution in [-0.2, 0) is 4.79 Å². The van der Waals surface area contributed by atoms with Crippen LogP contribution in [0, 0.1) is 11.6 Å². The lowest BCUT2D eigenvalue weighted by molar-refractivity contribution is -0.131. The number of ether oxygens (including phenoxy) is 1. The molecule has 0 saturated carbocycles. The van der Waals surface area contributed by atoms with Gasteiger partial charge >= 0.3 is 0 Å². The minimum Gasteiger partial charge on any atom is -0.494 e. The highest BCUT2D eigenvalue weighted by atomic mass is 35.5. The smallest absolute Gasteiger partial charge is 0.255 e. The second kappa shape index (κ2) is 11.4. The number of carbonyl (C=O) groups excluding carboxylic acids is 2. The predicted molar refractivity (Wildman–Crippen MR) is 146 cm³/mol. The van der Waals surface area contributed by atoms with Gasteiger partial charge < -0.3 is 25.2 Å². The molecule has 13 heteroatoms. The lowest BCUT2D eigenvalue weighted by Crippen LogP contribution is -2.52. The first kappa shape index (κ1) is 27.3. The number of amides is 2. The molecule has 0 radical (unpaired) electrons. The fourth-order valence-corrected chi connectivity index (χ4v) is 4.85. The monoisotopic (exact) mass is 569 g/mol. The summed E-state index contributed by atoms with van der Waals surface area (Å²) in [4.78, 5) is 37.3. The van der Waals surface area contributed by atoms with Gasteiger partial charge in [-0.15, -0.1) is 0 Å². The number of hydrogen-bond donors (Lipinski definition) is 2. The second-order valence-electron chi connectivity index (χ2n) is 9.08. The maximum Gasteiger partial charge on any atom is 0.255 e. The first-order valence-corrected chi connectivity index (χ1v) is 12.8. The van der Waals surface area contributed by atoms with Gasteiger partial charge in [-0.2, -0.15) is 4.39 Å². The van der Waals surface area contributed by atoms with E-state index in [1.165, 1.54) is 31.6 Å². The SMILES string of the molecule is CNCC(=O)N1CCN(C(=O)c2ccc(Nc3nccn4c(-c5ccc(OC)c(F)c5F)cnc34)cc2Cl)CC1. The van der Waals surface area contributed by atoms with E-state index < -0.39 is 11.6 Å². The number of imidazole rings is 1. The molecule has 2 aromatic carbocycles. The van der Waals surface area contributed by atoms with Gasteiger partial charge in [0.25, 0.3) is 5.91 Å². The van der Waals surface area contributed by atoms with Crippen LogP contribution in [-0.4, -0.2) is 82.9 Å². The largest absolute Gasteiger partial charge is 0.494 e. The van der Waals surface area contributed by atoms with Crippen LogP contribution in [0.15, 0.2) is 48.9 Å². The summed E-state index contributed by atoms with van der Waals surface area (Å²) < 4.78 is 35.5. The Labute approximate surface area is 233 Å². The molecule has 0 unspecified atom stereocenters. The number of nitrogens with zero attached hydrogens (tertiary/aromatic N) is 5. The van der Waals surface area contributed by atoms with Gasteiger partial charge in [0.1, 0.15) is 0 Å². The Kier molecular flexibility index (Phi) is 7.81. The normalized spacial score (nSPS) is 13.5. The van der Waals surface area contributed by atoms with E-state index in [-0.39, 0.29) is 34.7 Å². The molecule has 2 aromatic heterocycles. The third kappa shape index (κ3) is 5.15. The van der Waals surface area contributed by atoms with Crippen LogP contribution >= 0.6 is 11.6 Å². The molecule has 1 fully saturated rings. The minimum absolute atomic E-state index is 0.00224. The first-order valence-electron chi connectivity index (χ1n) is 12.4. The number of anilines is 2. The Balaban J connectivity index is 1.34. The first-order chi connectivity index (χ1) is 19.3. The molecule has 0 aliphatic carbocycles. The van der Waals surface area contributed by atoms with Crippen molar-refractivity contribution < 1.29 is 23.1 Å². The topological polar surface area (TPSA) is 104 Å². The standard InChI is InChI=1S/C27H26ClF2N7O3/c1-31-15-22(38)35-9-11-36(12-10-35)27(39)17-4-3-16(13-19(17)28)34-25-26-33-14-20(37(26)8-7-32-25)18-5-6-21(40-2)24(30)23(18)29/h3-8,13-14,31H,9-12,15H2,1-2H3,(H,32,34). The number of hydrogen-bond acceptors (Lipinski definition) is 7. The van der Waals surface area contributed by atoms with Crippen LogP contribution in [0.4, 0.5) is 20.3 Å². The van der Waals surface area contributed by atoms with Gasteiger partial charge in [0.15, 0.2) is 23.0 Å². The zero-order valence-electron chi connectivity index (χ0n) is 21.7. The van der Waals surface area contributed by atoms with Crippen molar-refractivity contribution in [1.29, 1.82) is 0 Å². The van der Waals surface area contributed by atoms with Crippen molar-refractivity contribution in [2.24, 2.45) is 0 Å². The summed E-state index contributed by atoms with van der Waals surface area (Å²) in [6, 6.07) is 7.69. The molecule has 40 heavy (non-hydrogen) atoms. The summed E-state index contributed by atoms with van der Waals surface area (Å²) >= 11 is 6.50. The highest BCUT2D eigenvalue weighted by Gasteiger charge is 2.26. The molecule has 4 aromatic rings. The highest BCUT2D eigenvalue weighted by Crippen LogP contribution is 2.32. The van der Waals surface area contributed by atoms with Crippen molar-refractivity contribution in [1.82, 2.24) is 29.5 Å². The van der Waals surface area contributed by atoms with Crippen LogP contribution in [0.5, 0.6) is 5.75 Å². The Morgan fingerprint density at radius 3 is 2.50 bits per heavy atom. The van der Waals surface area contributed by atoms with Crippen molar-refractivity contribution in [3.8, 4) is 17.0 Å². The Hall–Kier alpha value is -4.29. The molecule has 0 bridgehead atoms. The van der Waals surface area contributed by atoms with Crippen molar-refractivity contribution in [2.45, 2.75) is 0 Å². The van der Waals surface area contributed by atoms with E-state index in [9.17, 15) is 18.4 Å². The van der Waals surface area contributed by atoms with E-state index in [2.05, 4.69) is 20.6 Å². The van der Waals surface area contributed by atoms with Gasteiger partial charge in [0.05, 0.1) is 36.1 Å². The van der Waals surface area contributed by atoms with Gasteiger partial charge in [-0.1, -0.05) is 11.6 Å². The van der Waals surface area contributed by atoms with E-state index >= 15 is 0 Å². The number of halogens is 3. The van der Waals surface area contributed by atoms with Crippen LogP contribution in [0.3, 0.4) is 0 Å². The lowest BCUT2D eigenvalue weighted by Gasteiger charge is -2.35. The summed E-state index contributed by atoms with van der Waals surface area (Å²) in [7, 11) is 2.98. The van der Waals surface area contributed by atoms with Crippen LogP contribution in [0.1, 0.15) is 10.4 Å². The van der Waals surface area contributed by atoms with Gasteiger partial charge in [-0.25, -0.2) is 14.4 Å². The zero-order chi connectivity index (χ0) is 28.4. The summed E-state index contributed by atoms with van der Waals surface area (Å²) in [5.74, 6) is -2.21. The number of aromatic nitrogens is 3. The van der Waals surface area contributed by atoms with Crippen LogP contribution < -0.4 is 15.4 Å². The molecular formula is C27H26ClF2N7O3. The molecule has 1 aliphatic rings. The van der Waals surface area contributed by atoms with Crippen molar-refractivity contribution in [3.63, 3.8) is 0 Å². The number of nitrogens with one attached hydrogen (secondary N) is 2. The molecular weight excluding hydrogens is 544 g/mol. The van der Waals surface area contributed by atoms with Crippen molar-refractivity contribution in [3.05, 3.63) is 71.1 Å². The maximum absolute atomic E-state index is 14.8. The van der Waals surface area contributed by atoms with Gasteiger partial charge in [-0.05, 0) is 37.4 Å². The fourth-order valence-electron chi connectivity index (χ4n) is 4.59. The number of carbonyl (C=O) groups is 2. The lowest BCUT2D eigenvalue weighted by atomic mass is 10.1. The maximum atomic E-state index is 14.8. The number of methoxy groups -OCH3 is 1. The van der Waals surface area contributed by atoms with E-state index in [0.717, 1.165) is 0 Å². The van der Waals surface area contributed by atoms with Crippen LogP contribution in [0.25, 0.3) is 16.9 Å². The second-order valence-corrected chi connectivity index (χ2v) is 9.49. The van der Waals surface area contributed by atoms with Crippen LogP contribution in [0.2, 0.25) is 5.02 Å². The fraction of sp³-hybridized carbons (Fsp3) is 0.259. The Morgan fingerprint density at radius 1 is 1.05 bits per heavy atom. The molecule has 2 amide bonds. The van der Waals surface area contributed by atoms with E-state index in [1.54, 1.807) is 45.6 Å². The number of benzene rings is 2. The van der Waals surface area contributed by atoms with E-state index in [1.807, 2.05) is 0 Å². The summed E-state index contributed by atoms with van der Waals surface area (Å²) in [6.07, 6.45) is 4.51. The quantitative estimate of drug-likeness (QED) is 0.351. The van der Waals surface area contributed by atoms with Gasteiger partial charge in [0.2, 0.25) is 11.7 Å². The number of rotatable bonds is 7. The molecule has 208 valence electrons. The molecule has 5 rings (SSSR count). The summed E-state index contributed by atoms with van der Waals surface area (Å²) in [6.45, 7) is 2.00. The van der Waals surface area contributed by atoms with Gasteiger partial charge in [-0.3, -0.25) is 14.0 Å². The Morgan fingerprint density at radius 2 is 1.80 bits per heavy atom. The number of fused-ring (bicyclic) bond motifs is 1. The molecule has 2 N–H and O–H groups in total. The van der Waals surface area contributed by atoms with E-state index in [0.29, 0.717) is 54.6 Å². The number of likely N-dealkylation sites (N-methyl/N-ethyl adjacent to an activating group) is 1. The third-order valence-electron chi connectivity index (χ3n) is 6.68. The Bertz CT molecular complexity index is 1590. The minimum atomic E-state index is -1.09. The summed E-state index contributed by atoms with van der Waals surface area (Å²) in [5.41, 5.74) is 1.60. The van der Waals surface area contributed by atoms with Crippen molar-refractivity contribution in [2.75, 3.05) is 52.2 Å². The average Bonchev–Trinajstić information content (AvgIpc) is 3.39. The van der Waals surface area contributed by atoms with E-state index in [4.69, 9.17) is 16.3 Å². The van der Waals surface area contributed by atoms with Gasteiger partial charge in [0, 0.05) is 49.8 Å². The molecule has 3 heterocycles. The number of piperazine rings is 1. The summed E-state index contributed by atoms with van der Waals surface area (Å²) in [5, 5.41) is 6.22. The molecule has 1 aliphatic heterocycles. The average molecular weight is 570 g/mol. The molecule has 0 atom stereocenters. The third-order valence-corrected chi connectivity index (χ3v) is 6.99. The van der Waals surface area contributed by atoms with Crippen molar-refractivity contribution >= 4 is 40.6 Å². The zero-order valence-corrected chi connectivity index (χ0v) is 22.5. The predicted octanol–water partition coefficient (Wildman–Crippen LogP) is 3.58. The highest BCUT2D eigenvalue weighted by molar-refractivity contribution is 6.34. The molecule has 1 saturated heterocycles. The molecule has 10 nitrogen and oxygen atoms in total.